The third-order valence-electron chi connectivity index (χ3n) is 3.79. The Morgan fingerprint density at radius 3 is 2.48 bits per heavy atom. The highest BCUT2D eigenvalue weighted by molar-refractivity contribution is 6.32. The number of phenolic OH excluding ortho intramolecular Hbond substituents is 1. The summed E-state index contributed by atoms with van der Waals surface area (Å²) in [6, 6.07) is 8.85. The lowest BCUT2D eigenvalue weighted by atomic mass is 10.1. The van der Waals surface area contributed by atoms with Crippen molar-refractivity contribution in [1.29, 1.82) is 0 Å². The van der Waals surface area contributed by atoms with E-state index in [9.17, 15) is 5.11 Å². The molecule has 0 radical (unpaired) electrons. The van der Waals surface area contributed by atoms with Crippen molar-refractivity contribution in [1.82, 2.24) is 10.2 Å². The van der Waals surface area contributed by atoms with E-state index in [1.54, 1.807) is 24.4 Å². The molecule has 3 rings (SSSR count). The Morgan fingerprint density at radius 2 is 1.84 bits per heavy atom. The molecule has 0 aliphatic rings. The van der Waals surface area contributed by atoms with Crippen LogP contribution in [0, 0.1) is 13.8 Å². The minimum atomic E-state index is 0.0866. The zero-order chi connectivity index (χ0) is 18.0. The van der Waals surface area contributed by atoms with Crippen LogP contribution in [0.25, 0.3) is 11.3 Å². The summed E-state index contributed by atoms with van der Waals surface area (Å²) in [6.07, 6.45) is 1.57. The van der Waals surface area contributed by atoms with Crippen molar-refractivity contribution in [3.63, 3.8) is 0 Å². The molecule has 0 unspecified atom stereocenters. The Hall–Kier alpha value is -2.66. The molecule has 0 saturated carbocycles. The largest absolute Gasteiger partial charge is 0.507 e. The fraction of sp³-hybridized carbons (Fsp3) is 0.211. The zero-order valence-corrected chi connectivity index (χ0v) is 15.0. The van der Waals surface area contributed by atoms with Crippen LogP contribution in [0.1, 0.15) is 18.1 Å². The molecule has 0 aliphatic carbocycles. The standard InChI is InChI=1S/C19H19ClN2O3/c1-4-24-13-5-6-15(16(23)9-13)19-17(10-21-22-19)25-14-7-11(2)18(20)12(3)8-14/h5-10,23H,4H2,1-3H3,(H,21,22). The second kappa shape index (κ2) is 7.07. The fourth-order valence-corrected chi connectivity index (χ4v) is 2.73. The molecule has 2 aromatic carbocycles. The number of hydrogen-bond acceptors (Lipinski definition) is 4. The van der Waals surface area contributed by atoms with Crippen molar-refractivity contribution in [3.8, 4) is 34.3 Å². The normalized spacial score (nSPS) is 10.7. The molecule has 3 aromatic rings. The summed E-state index contributed by atoms with van der Waals surface area (Å²) < 4.78 is 11.4. The van der Waals surface area contributed by atoms with Crippen LogP contribution in [0.4, 0.5) is 0 Å². The molecule has 0 bridgehead atoms. The quantitative estimate of drug-likeness (QED) is 0.654. The lowest BCUT2D eigenvalue weighted by Gasteiger charge is -2.11. The van der Waals surface area contributed by atoms with Gasteiger partial charge in [-0.15, -0.1) is 0 Å². The number of H-pyrrole nitrogens is 1. The van der Waals surface area contributed by atoms with Gasteiger partial charge in [0.1, 0.15) is 22.9 Å². The molecule has 0 saturated heterocycles. The summed E-state index contributed by atoms with van der Waals surface area (Å²) in [4.78, 5) is 0. The van der Waals surface area contributed by atoms with Crippen LogP contribution in [0.15, 0.2) is 36.5 Å². The van der Waals surface area contributed by atoms with Gasteiger partial charge in [-0.3, -0.25) is 5.10 Å². The molecule has 0 fully saturated rings. The van der Waals surface area contributed by atoms with Gasteiger partial charge >= 0.3 is 0 Å². The highest BCUT2D eigenvalue weighted by Gasteiger charge is 2.15. The van der Waals surface area contributed by atoms with Crippen LogP contribution in [0.3, 0.4) is 0 Å². The predicted molar refractivity (Wildman–Crippen MR) is 97.9 cm³/mol. The van der Waals surface area contributed by atoms with E-state index >= 15 is 0 Å². The minimum absolute atomic E-state index is 0.0866. The topological polar surface area (TPSA) is 67.4 Å². The first kappa shape index (κ1) is 17.2. The van der Waals surface area contributed by atoms with Crippen molar-refractivity contribution in [2.75, 3.05) is 6.61 Å². The number of nitrogens with zero attached hydrogens (tertiary/aromatic N) is 1. The molecule has 1 heterocycles. The smallest absolute Gasteiger partial charge is 0.173 e. The van der Waals surface area contributed by atoms with Crippen LogP contribution >= 0.6 is 11.6 Å². The predicted octanol–water partition coefficient (Wildman–Crippen LogP) is 5.24. The van der Waals surface area contributed by atoms with E-state index in [-0.39, 0.29) is 5.75 Å². The number of aromatic hydroxyl groups is 1. The molecular formula is C19H19ClN2O3. The number of aromatic amines is 1. The first-order valence-corrected chi connectivity index (χ1v) is 8.31. The summed E-state index contributed by atoms with van der Waals surface area (Å²) in [6.45, 7) is 6.28. The highest BCUT2D eigenvalue weighted by atomic mass is 35.5. The van der Waals surface area contributed by atoms with Gasteiger partial charge in [-0.25, -0.2) is 0 Å². The highest BCUT2D eigenvalue weighted by Crippen LogP contribution is 2.38. The molecule has 0 aliphatic heterocycles. The monoisotopic (exact) mass is 358 g/mol. The Kier molecular flexibility index (Phi) is 4.86. The van der Waals surface area contributed by atoms with Crippen LogP contribution in [0.2, 0.25) is 5.02 Å². The number of aromatic nitrogens is 2. The molecule has 0 amide bonds. The summed E-state index contributed by atoms with van der Waals surface area (Å²) >= 11 is 6.20. The van der Waals surface area contributed by atoms with Gasteiger partial charge in [-0.1, -0.05) is 11.6 Å². The molecule has 0 atom stereocenters. The van der Waals surface area contributed by atoms with Crippen molar-refractivity contribution in [2.24, 2.45) is 0 Å². The van der Waals surface area contributed by atoms with E-state index in [0.29, 0.717) is 35.1 Å². The second-order valence-corrected chi connectivity index (χ2v) is 6.07. The molecule has 2 N–H and O–H groups in total. The fourth-order valence-electron chi connectivity index (χ4n) is 2.62. The number of aryl methyl sites for hydroxylation is 2. The summed E-state index contributed by atoms with van der Waals surface area (Å²) in [5.74, 6) is 1.87. The van der Waals surface area contributed by atoms with Crippen LogP contribution in [-0.4, -0.2) is 21.9 Å². The Labute approximate surface area is 151 Å². The van der Waals surface area contributed by atoms with Crippen molar-refractivity contribution >= 4 is 11.6 Å². The number of ether oxygens (including phenoxy) is 2. The van der Waals surface area contributed by atoms with Gasteiger partial charge in [-0.05, 0) is 56.2 Å². The van der Waals surface area contributed by atoms with E-state index in [0.717, 1.165) is 16.1 Å². The Morgan fingerprint density at radius 1 is 1.12 bits per heavy atom. The minimum Gasteiger partial charge on any atom is -0.507 e. The number of halogens is 1. The van der Waals surface area contributed by atoms with Crippen molar-refractivity contribution < 1.29 is 14.6 Å². The molecule has 1 aromatic heterocycles. The zero-order valence-electron chi connectivity index (χ0n) is 14.3. The lowest BCUT2D eigenvalue weighted by Crippen LogP contribution is -1.92. The molecular weight excluding hydrogens is 340 g/mol. The van der Waals surface area contributed by atoms with Gasteiger partial charge in [0.2, 0.25) is 0 Å². The SMILES string of the molecule is CCOc1ccc(-c2[nH]ncc2Oc2cc(C)c(Cl)c(C)c2)c(O)c1. The Bertz CT molecular complexity index is 882. The van der Waals surface area contributed by atoms with E-state index in [1.165, 1.54) is 0 Å². The van der Waals surface area contributed by atoms with Gasteiger partial charge in [0, 0.05) is 16.7 Å². The van der Waals surface area contributed by atoms with Crippen LogP contribution in [-0.2, 0) is 0 Å². The first-order chi connectivity index (χ1) is 12.0. The maximum absolute atomic E-state index is 10.3. The number of nitrogens with one attached hydrogen (secondary N) is 1. The van der Waals surface area contributed by atoms with E-state index in [4.69, 9.17) is 21.1 Å². The maximum Gasteiger partial charge on any atom is 0.173 e. The Balaban J connectivity index is 1.93. The first-order valence-electron chi connectivity index (χ1n) is 7.93. The average Bonchev–Trinajstić information content (AvgIpc) is 3.01. The lowest BCUT2D eigenvalue weighted by molar-refractivity contribution is 0.338. The molecule has 25 heavy (non-hydrogen) atoms. The van der Waals surface area contributed by atoms with Gasteiger partial charge < -0.3 is 14.6 Å². The molecule has 5 nitrogen and oxygen atoms in total. The van der Waals surface area contributed by atoms with Gasteiger partial charge in [0.05, 0.1) is 12.8 Å². The van der Waals surface area contributed by atoms with E-state index in [1.807, 2.05) is 32.9 Å². The van der Waals surface area contributed by atoms with Crippen molar-refractivity contribution in [3.05, 3.63) is 52.7 Å². The molecule has 6 heteroatoms. The van der Waals surface area contributed by atoms with Crippen LogP contribution < -0.4 is 9.47 Å². The maximum atomic E-state index is 10.3. The van der Waals surface area contributed by atoms with E-state index < -0.39 is 0 Å². The summed E-state index contributed by atoms with van der Waals surface area (Å²) in [7, 11) is 0. The van der Waals surface area contributed by atoms with Gasteiger partial charge in [-0.2, -0.15) is 5.10 Å². The van der Waals surface area contributed by atoms with Gasteiger partial charge in [0.25, 0.3) is 0 Å². The van der Waals surface area contributed by atoms with E-state index in [2.05, 4.69) is 10.2 Å². The number of hydrogen-bond donors (Lipinski definition) is 2. The van der Waals surface area contributed by atoms with Crippen LogP contribution in [0.5, 0.6) is 23.0 Å². The summed E-state index contributed by atoms with van der Waals surface area (Å²) in [5.41, 5.74) is 3.04. The third kappa shape index (κ3) is 3.56. The van der Waals surface area contributed by atoms with Gasteiger partial charge in [0.15, 0.2) is 5.75 Å². The average molecular weight is 359 g/mol. The number of rotatable bonds is 5. The second-order valence-electron chi connectivity index (χ2n) is 5.69. The molecule has 0 spiro atoms. The number of phenols is 1. The number of benzene rings is 2. The summed E-state index contributed by atoms with van der Waals surface area (Å²) in [5, 5.41) is 17.9. The van der Waals surface area contributed by atoms with Crippen molar-refractivity contribution in [2.45, 2.75) is 20.8 Å². The molecule has 130 valence electrons. The third-order valence-corrected chi connectivity index (χ3v) is 4.39.